The van der Waals surface area contributed by atoms with Gasteiger partial charge in [0.05, 0.1) is 0 Å². The van der Waals surface area contributed by atoms with Crippen LogP contribution in [0.5, 0.6) is 0 Å². The van der Waals surface area contributed by atoms with E-state index in [0.29, 0.717) is 0 Å². The van der Waals surface area contributed by atoms with E-state index < -0.39 is 0 Å². The molecule has 6 aromatic rings. The topological polar surface area (TPSA) is 30.2 Å². The Morgan fingerprint density at radius 2 is 1.34 bits per heavy atom. The number of aromatic nitrogens is 3. The second-order valence-corrected chi connectivity index (χ2v) is 10.7. The van der Waals surface area contributed by atoms with Crippen molar-refractivity contribution >= 4 is 32.3 Å². The third kappa shape index (κ3) is 2.96. The molecule has 168 valence electrons. The predicted molar refractivity (Wildman–Crippen MR) is 147 cm³/mol. The lowest BCUT2D eigenvalue weighted by molar-refractivity contribution is 0.660. The first-order chi connectivity index (χ1) is 17.0. The number of hydrogen-bond acceptors (Lipinski definition) is 2. The summed E-state index contributed by atoms with van der Waals surface area (Å²) < 4.78 is 3.18. The molecule has 0 spiro atoms. The van der Waals surface area contributed by atoms with Crippen LogP contribution >= 0.6 is 15.9 Å². The van der Waals surface area contributed by atoms with Crippen LogP contribution in [0.4, 0.5) is 0 Å². The zero-order valence-corrected chi connectivity index (χ0v) is 21.0. The summed E-state index contributed by atoms with van der Waals surface area (Å²) in [6.45, 7) is 4.66. The lowest BCUT2D eigenvalue weighted by atomic mass is 9.81. The van der Waals surface area contributed by atoms with Gasteiger partial charge < -0.3 is 0 Å². The van der Waals surface area contributed by atoms with Crippen LogP contribution in [-0.2, 0) is 5.41 Å². The van der Waals surface area contributed by atoms with Gasteiger partial charge in [-0.25, -0.2) is 0 Å². The van der Waals surface area contributed by atoms with Crippen molar-refractivity contribution < 1.29 is 0 Å². The average Bonchev–Trinajstić information content (AvgIpc) is 3.41. The average molecular weight is 516 g/mol. The maximum atomic E-state index is 4.59. The maximum absolute atomic E-state index is 4.59. The van der Waals surface area contributed by atoms with E-state index >= 15 is 0 Å². The molecular formula is C31H22BrN3. The molecule has 0 unspecified atom stereocenters. The molecule has 1 aliphatic rings. The van der Waals surface area contributed by atoms with Gasteiger partial charge in [-0.05, 0) is 51.4 Å². The fraction of sp³-hybridized carbons (Fsp3) is 0.0968. The van der Waals surface area contributed by atoms with E-state index in [1.807, 2.05) is 12.1 Å². The Bertz CT molecular complexity index is 1780. The summed E-state index contributed by atoms with van der Waals surface area (Å²) in [4.78, 5) is 0. The number of rotatable bonds is 2. The molecule has 1 aliphatic carbocycles. The van der Waals surface area contributed by atoms with Crippen molar-refractivity contribution in [3.05, 3.63) is 113 Å². The SMILES string of the molecule is CC1(C)c2ccccc2-c2ccc(-c3cn4c(-c5ccc(Br)cc5)nnc4c4ccccc34)cc21. The normalized spacial score (nSPS) is 13.8. The van der Waals surface area contributed by atoms with Gasteiger partial charge in [0, 0.05) is 32.6 Å². The summed E-state index contributed by atoms with van der Waals surface area (Å²) in [7, 11) is 0. The molecule has 0 radical (unpaired) electrons. The summed E-state index contributed by atoms with van der Waals surface area (Å²) in [5.41, 5.74) is 9.69. The van der Waals surface area contributed by atoms with Gasteiger partial charge in [-0.3, -0.25) is 4.40 Å². The Morgan fingerprint density at radius 1 is 0.657 bits per heavy atom. The van der Waals surface area contributed by atoms with E-state index in [2.05, 4.69) is 129 Å². The van der Waals surface area contributed by atoms with E-state index in [0.717, 1.165) is 26.9 Å². The van der Waals surface area contributed by atoms with Crippen LogP contribution in [0.2, 0.25) is 0 Å². The highest BCUT2D eigenvalue weighted by molar-refractivity contribution is 9.10. The predicted octanol–water partition coefficient (Wildman–Crippen LogP) is 8.29. The van der Waals surface area contributed by atoms with Crippen LogP contribution in [0.3, 0.4) is 0 Å². The number of fused-ring (bicyclic) bond motifs is 6. The highest BCUT2D eigenvalue weighted by Gasteiger charge is 2.35. The molecule has 4 aromatic carbocycles. The van der Waals surface area contributed by atoms with E-state index in [1.54, 1.807) is 0 Å². The minimum Gasteiger partial charge on any atom is -0.281 e. The van der Waals surface area contributed by atoms with Gasteiger partial charge in [0.15, 0.2) is 11.5 Å². The van der Waals surface area contributed by atoms with Gasteiger partial charge in [-0.2, -0.15) is 0 Å². The Morgan fingerprint density at radius 3 is 2.17 bits per heavy atom. The first kappa shape index (κ1) is 20.6. The second kappa shape index (κ2) is 7.37. The highest BCUT2D eigenvalue weighted by Crippen LogP contribution is 2.49. The molecule has 35 heavy (non-hydrogen) atoms. The number of pyridine rings is 1. The minimum atomic E-state index is -0.0407. The fourth-order valence-corrected chi connectivity index (χ4v) is 5.87. The molecule has 0 bridgehead atoms. The van der Waals surface area contributed by atoms with E-state index in [9.17, 15) is 0 Å². The molecule has 0 aliphatic heterocycles. The Hall–Kier alpha value is -3.76. The molecule has 2 aromatic heterocycles. The molecule has 0 fully saturated rings. The molecule has 0 saturated heterocycles. The summed E-state index contributed by atoms with van der Waals surface area (Å²) in [5.74, 6) is 0.841. The number of benzene rings is 4. The largest absolute Gasteiger partial charge is 0.281 e. The number of halogens is 1. The fourth-order valence-electron chi connectivity index (χ4n) is 5.61. The van der Waals surface area contributed by atoms with Crippen LogP contribution in [0.25, 0.3) is 50.1 Å². The lowest BCUT2D eigenvalue weighted by Crippen LogP contribution is -2.14. The summed E-state index contributed by atoms with van der Waals surface area (Å²) in [6.07, 6.45) is 2.20. The zero-order valence-electron chi connectivity index (χ0n) is 19.5. The summed E-state index contributed by atoms with van der Waals surface area (Å²) in [6, 6.07) is 32.4. The van der Waals surface area contributed by atoms with Crippen LogP contribution < -0.4 is 0 Å². The third-order valence-electron chi connectivity index (χ3n) is 7.41. The monoisotopic (exact) mass is 515 g/mol. The van der Waals surface area contributed by atoms with Gasteiger partial charge in [0.1, 0.15) is 0 Å². The molecule has 0 amide bonds. The van der Waals surface area contributed by atoms with E-state index in [-0.39, 0.29) is 5.41 Å². The Labute approximate surface area is 212 Å². The van der Waals surface area contributed by atoms with Gasteiger partial charge in [-0.15, -0.1) is 10.2 Å². The summed E-state index contributed by atoms with van der Waals surface area (Å²) >= 11 is 3.53. The number of nitrogens with zero attached hydrogens (tertiary/aromatic N) is 3. The van der Waals surface area contributed by atoms with Crippen molar-refractivity contribution in [3.63, 3.8) is 0 Å². The molecule has 7 rings (SSSR count). The van der Waals surface area contributed by atoms with Crippen LogP contribution in [0.15, 0.2) is 102 Å². The molecule has 0 N–H and O–H groups in total. The molecule has 0 atom stereocenters. The maximum Gasteiger partial charge on any atom is 0.169 e. The third-order valence-corrected chi connectivity index (χ3v) is 7.94. The van der Waals surface area contributed by atoms with Gasteiger partial charge in [0.25, 0.3) is 0 Å². The molecule has 4 heteroatoms. The van der Waals surface area contributed by atoms with Crippen molar-refractivity contribution in [3.8, 4) is 33.6 Å². The number of hydrogen-bond donors (Lipinski definition) is 0. The lowest BCUT2D eigenvalue weighted by Gasteiger charge is -2.22. The minimum absolute atomic E-state index is 0.0407. The van der Waals surface area contributed by atoms with E-state index in [1.165, 1.54) is 38.8 Å². The highest BCUT2D eigenvalue weighted by atomic mass is 79.9. The van der Waals surface area contributed by atoms with Gasteiger partial charge in [0.2, 0.25) is 0 Å². The van der Waals surface area contributed by atoms with Crippen LogP contribution in [0, 0.1) is 0 Å². The van der Waals surface area contributed by atoms with E-state index in [4.69, 9.17) is 0 Å². The smallest absolute Gasteiger partial charge is 0.169 e. The van der Waals surface area contributed by atoms with Gasteiger partial charge in [-0.1, -0.05) is 103 Å². The molecule has 2 heterocycles. The van der Waals surface area contributed by atoms with Crippen molar-refractivity contribution in [2.24, 2.45) is 0 Å². The quantitative estimate of drug-likeness (QED) is 0.232. The van der Waals surface area contributed by atoms with Crippen molar-refractivity contribution in [1.82, 2.24) is 14.6 Å². The standard InChI is InChI=1S/C31H22BrN3/c1-31(2)27-10-6-5-8-23(27)24-16-13-20(17-28(24)31)26-18-35-29(19-11-14-21(32)15-12-19)33-34-30(35)25-9-4-3-7-22(25)26/h3-18H,1-2H3. The Kier molecular flexibility index (Phi) is 4.34. The van der Waals surface area contributed by atoms with Crippen LogP contribution in [-0.4, -0.2) is 14.6 Å². The van der Waals surface area contributed by atoms with Crippen molar-refractivity contribution in [1.29, 1.82) is 0 Å². The van der Waals surface area contributed by atoms with Crippen molar-refractivity contribution in [2.45, 2.75) is 19.3 Å². The first-order valence-corrected chi connectivity index (χ1v) is 12.6. The second-order valence-electron chi connectivity index (χ2n) is 9.74. The summed E-state index contributed by atoms with van der Waals surface area (Å²) in [5, 5.41) is 11.5. The molecule has 0 saturated carbocycles. The Balaban J connectivity index is 1.49. The van der Waals surface area contributed by atoms with Crippen LogP contribution in [0.1, 0.15) is 25.0 Å². The molecule has 3 nitrogen and oxygen atoms in total. The van der Waals surface area contributed by atoms with Gasteiger partial charge >= 0.3 is 0 Å². The first-order valence-electron chi connectivity index (χ1n) is 11.8. The van der Waals surface area contributed by atoms with Crippen molar-refractivity contribution in [2.75, 3.05) is 0 Å². The molecular weight excluding hydrogens is 494 g/mol. The zero-order chi connectivity index (χ0) is 23.7.